The van der Waals surface area contributed by atoms with Crippen molar-refractivity contribution in [2.45, 2.75) is 25.5 Å². The van der Waals surface area contributed by atoms with Crippen LogP contribution in [0.15, 0.2) is 12.5 Å². The predicted octanol–water partition coefficient (Wildman–Crippen LogP) is 1.13. The number of aromatic nitrogens is 2. The molecule has 1 N–H and O–H groups in total. The zero-order chi connectivity index (χ0) is 11.4. The summed E-state index contributed by atoms with van der Waals surface area (Å²) in [6.07, 6.45) is 9.84. The van der Waals surface area contributed by atoms with Crippen molar-refractivity contribution in [1.82, 2.24) is 14.9 Å². The second kappa shape index (κ2) is 5.15. The molecule has 0 amide bonds. The fourth-order valence-electron chi connectivity index (χ4n) is 1.96. The maximum atomic E-state index is 5.72. The zero-order valence-electron chi connectivity index (χ0n) is 9.52. The molecule has 1 fully saturated rings. The number of nitrogens with zero attached hydrogens (tertiary/aromatic N) is 2. The molecule has 2 heterocycles. The molecule has 0 bridgehead atoms. The van der Waals surface area contributed by atoms with Gasteiger partial charge in [-0.25, -0.2) is 4.98 Å². The molecule has 2 unspecified atom stereocenters. The number of nitrogens with one attached hydrogen (secondary N) is 1. The highest BCUT2D eigenvalue weighted by Gasteiger charge is 2.20. The van der Waals surface area contributed by atoms with E-state index in [1.807, 2.05) is 12.5 Å². The lowest BCUT2D eigenvalue weighted by Gasteiger charge is -2.26. The van der Waals surface area contributed by atoms with E-state index >= 15 is 0 Å². The summed E-state index contributed by atoms with van der Waals surface area (Å²) in [7, 11) is 0. The molecular weight excluding hydrogens is 202 g/mol. The van der Waals surface area contributed by atoms with Gasteiger partial charge in [0, 0.05) is 25.6 Å². The normalized spacial score (nSPS) is 22.6. The van der Waals surface area contributed by atoms with Gasteiger partial charge in [0.05, 0.1) is 24.8 Å². The SMILES string of the molecule is C#CCC(C)n1cncc1C1CNCCO1. The molecule has 0 aliphatic carbocycles. The number of hydrogen-bond acceptors (Lipinski definition) is 3. The van der Waals surface area contributed by atoms with Gasteiger partial charge in [0.2, 0.25) is 0 Å². The molecule has 1 aromatic rings. The van der Waals surface area contributed by atoms with Gasteiger partial charge in [-0.1, -0.05) is 0 Å². The third-order valence-corrected chi connectivity index (χ3v) is 2.84. The van der Waals surface area contributed by atoms with Crippen molar-refractivity contribution in [2.75, 3.05) is 19.7 Å². The first kappa shape index (κ1) is 11.2. The van der Waals surface area contributed by atoms with E-state index in [1.54, 1.807) is 0 Å². The minimum absolute atomic E-state index is 0.0940. The molecule has 0 saturated carbocycles. The minimum atomic E-state index is 0.0940. The third-order valence-electron chi connectivity index (χ3n) is 2.84. The standard InChI is InChI=1S/C12H17N3O/c1-3-4-10(2)15-9-14-7-11(15)12-8-13-5-6-16-12/h1,7,9-10,12-13H,4-6,8H2,2H3. The monoisotopic (exact) mass is 219 g/mol. The van der Waals surface area contributed by atoms with E-state index in [2.05, 4.69) is 27.7 Å². The first-order valence-electron chi connectivity index (χ1n) is 5.60. The van der Waals surface area contributed by atoms with E-state index in [-0.39, 0.29) is 12.1 Å². The van der Waals surface area contributed by atoms with Gasteiger partial charge in [-0.2, -0.15) is 0 Å². The molecule has 1 saturated heterocycles. The second-order valence-electron chi connectivity index (χ2n) is 4.05. The summed E-state index contributed by atoms with van der Waals surface area (Å²) in [6.45, 7) is 4.61. The number of morpholine rings is 1. The fraction of sp³-hybridized carbons (Fsp3) is 0.583. The second-order valence-corrected chi connectivity index (χ2v) is 4.05. The van der Waals surface area contributed by atoms with Crippen LogP contribution in [0.25, 0.3) is 0 Å². The van der Waals surface area contributed by atoms with E-state index in [9.17, 15) is 0 Å². The Morgan fingerprint density at radius 1 is 1.81 bits per heavy atom. The van der Waals surface area contributed by atoms with Crippen LogP contribution in [0, 0.1) is 12.3 Å². The Bertz CT molecular complexity index is 374. The van der Waals surface area contributed by atoms with Gasteiger partial charge in [-0.05, 0) is 6.92 Å². The maximum absolute atomic E-state index is 5.72. The van der Waals surface area contributed by atoms with Gasteiger partial charge in [0.1, 0.15) is 6.10 Å². The van der Waals surface area contributed by atoms with Crippen LogP contribution in [0.5, 0.6) is 0 Å². The van der Waals surface area contributed by atoms with E-state index in [0.29, 0.717) is 6.42 Å². The number of ether oxygens (including phenoxy) is 1. The van der Waals surface area contributed by atoms with Crippen LogP contribution in [0.2, 0.25) is 0 Å². The van der Waals surface area contributed by atoms with Gasteiger partial charge in [-0.15, -0.1) is 12.3 Å². The van der Waals surface area contributed by atoms with Crippen LogP contribution in [0.3, 0.4) is 0 Å². The fourth-order valence-corrected chi connectivity index (χ4v) is 1.96. The van der Waals surface area contributed by atoms with Crippen molar-refractivity contribution >= 4 is 0 Å². The largest absolute Gasteiger partial charge is 0.369 e. The van der Waals surface area contributed by atoms with Crippen molar-refractivity contribution < 1.29 is 4.74 Å². The van der Waals surface area contributed by atoms with Gasteiger partial charge >= 0.3 is 0 Å². The molecule has 16 heavy (non-hydrogen) atoms. The molecule has 0 spiro atoms. The van der Waals surface area contributed by atoms with Gasteiger partial charge in [-0.3, -0.25) is 0 Å². The van der Waals surface area contributed by atoms with Crippen molar-refractivity contribution in [1.29, 1.82) is 0 Å². The highest BCUT2D eigenvalue weighted by atomic mass is 16.5. The third kappa shape index (κ3) is 2.26. The Hall–Kier alpha value is -1.31. The van der Waals surface area contributed by atoms with E-state index in [1.165, 1.54) is 0 Å². The van der Waals surface area contributed by atoms with Crippen LogP contribution < -0.4 is 5.32 Å². The molecular formula is C12H17N3O. The van der Waals surface area contributed by atoms with Gasteiger partial charge < -0.3 is 14.6 Å². The molecule has 1 aromatic heterocycles. The van der Waals surface area contributed by atoms with Crippen LogP contribution in [0.1, 0.15) is 31.2 Å². The molecule has 4 nitrogen and oxygen atoms in total. The summed E-state index contributed by atoms with van der Waals surface area (Å²) in [4.78, 5) is 4.19. The summed E-state index contributed by atoms with van der Waals surface area (Å²) in [5, 5.41) is 3.31. The number of terminal acetylenes is 1. The van der Waals surface area contributed by atoms with Crippen LogP contribution >= 0.6 is 0 Å². The predicted molar refractivity (Wildman–Crippen MR) is 62.0 cm³/mol. The Balaban J connectivity index is 2.14. The summed E-state index contributed by atoms with van der Waals surface area (Å²) >= 11 is 0. The minimum Gasteiger partial charge on any atom is -0.369 e. The lowest BCUT2D eigenvalue weighted by molar-refractivity contribution is 0.0221. The first-order valence-corrected chi connectivity index (χ1v) is 5.60. The average molecular weight is 219 g/mol. The molecule has 1 aliphatic heterocycles. The Kier molecular flexibility index (Phi) is 3.60. The zero-order valence-corrected chi connectivity index (χ0v) is 9.52. The van der Waals surface area contributed by atoms with E-state index in [4.69, 9.17) is 11.2 Å². The first-order chi connectivity index (χ1) is 7.83. The number of hydrogen-bond donors (Lipinski definition) is 1. The molecule has 2 rings (SSSR count). The number of imidazole rings is 1. The summed E-state index contributed by atoms with van der Waals surface area (Å²) in [5.41, 5.74) is 1.11. The van der Waals surface area contributed by atoms with Gasteiger partial charge in [0.15, 0.2) is 0 Å². The molecule has 2 atom stereocenters. The van der Waals surface area contributed by atoms with Crippen LogP contribution in [-0.2, 0) is 4.74 Å². The van der Waals surface area contributed by atoms with Crippen molar-refractivity contribution in [3.8, 4) is 12.3 Å². The van der Waals surface area contributed by atoms with Crippen molar-refractivity contribution in [2.24, 2.45) is 0 Å². The molecule has 86 valence electrons. The lowest BCUT2D eigenvalue weighted by atomic mass is 10.2. The lowest BCUT2D eigenvalue weighted by Crippen LogP contribution is -2.34. The molecule has 0 aromatic carbocycles. The topological polar surface area (TPSA) is 39.1 Å². The quantitative estimate of drug-likeness (QED) is 0.775. The Morgan fingerprint density at radius 2 is 2.69 bits per heavy atom. The Morgan fingerprint density at radius 3 is 3.38 bits per heavy atom. The van der Waals surface area contributed by atoms with E-state index in [0.717, 1.165) is 25.4 Å². The smallest absolute Gasteiger partial charge is 0.111 e. The Labute approximate surface area is 96.0 Å². The van der Waals surface area contributed by atoms with Crippen LogP contribution in [0.4, 0.5) is 0 Å². The van der Waals surface area contributed by atoms with Crippen molar-refractivity contribution in [3.63, 3.8) is 0 Å². The average Bonchev–Trinajstić information content (AvgIpc) is 2.79. The van der Waals surface area contributed by atoms with Crippen LogP contribution in [-0.4, -0.2) is 29.2 Å². The molecule has 1 aliphatic rings. The summed E-state index contributed by atoms with van der Waals surface area (Å²) < 4.78 is 7.82. The molecule has 0 radical (unpaired) electrons. The van der Waals surface area contributed by atoms with Gasteiger partial charge in [0.25, 0.3) is 0 Å². The van der Waals surface area contributed by atoms with E-state index < -0.39 is 0 Å². The highest BCUT2D eigenvalue weighted by molar-refractivity contribution is 5.07. The molecule has 4 heteroatoms. The maximum Gasteiger partial charge on any atom is 0.111 e. The highest BCUT2D eigenvalue weighted by Crippen LogP contribution is 2.22. The summed E-state index contributed by atoms with van der Waals surface area (Å²) in [6, 6.07) is 0.271. The van der Waals surface area contributed by atoms with Crippen molar-refractivity contribution in [3.05, 3.63) is 18.2 Å². The number of rotatable bonds is 3. The summed E-state index contributed by atoms with van der Waals surface area (Å²) in [5.74, 6) is 2.68.